The molecule has 0 N–H and O–H groups in total. The highest BCUT2D eigenvalue weighted by Gasteiger charge is 2.20. The minimum Gasteiger partial charge on any atom is -0.467 e. The van der Waals surface area contributed by atoms with Crippen LogP contribution in [-0.4, -0.2) is 29.3 Å². The Hall–Kier alpha value is -0.883. The SMILES string of the molecule is CCO[Si](OCC)c1ccc2c(c1)COCO2. The summed E-state index contributed by atoms with van der Waals surface area (Å²) in [5.41, 5.74) is 1.07. The van der Waals surface area contributed by atoms with Gasteiger partial charge in [0.25, 0.3) is 0 Å². The van der Waals surface area contributed by atoms with Gasteiger partial charge in [-0.05, 0) is 31.2 Å². The molecule has 0 spiro atoms. The van der Waals surface area contributed by atoms with E-state index in [1.54, 1.807) is 0 Å². The van der Waals surface area contributed by atoms with Crippen LogP contribution < -0.4 is 9.92 Å². The Morgan fingerprint density at radius 3 is 2.71 bits per heavy atom. The summed E-state index contributed by atoms with van der Waals surface area (Å²) in [4.78, 5) is 0. The Morgan fingerprint density at radius 1 is 1.24 bits per heavy atom. The average Bonchev–Trinajstić information content (AvgIpc) is 2.38. The van der Waals surface area contributed by atoms with E-state index in [2.05, 4.69) is 6.07 Å². The Bertz CT molecular complexity index is 364. The monoisotopic (exact) mass is 253 g/mol. The van der Waals surface area contributed by atoms with Crippen LogP contribution in [0.4, 0.5) is 0 Å². The fourth-order valence-corrected chi connectivity index (χ4v) is 3.14. The van der Waals surface area contributed by atoms with Gasteiger partial charge in [0.05, 0.1) is 6.61 Å². The first kappa shape index (κ1) is 12.6. The molecule has 0 aliphatic carbocycles. The molecule has 0 saturated heterocycles. The molecule has 17 heavy (non-hydrogen) atoms. The molecule has 5 heteroatoms. The van der Waals surface area contributed by atoms with Gasteiger partial charge in [0.1, 0.15) is 5.75 Å². The molecule has 1 radical (unpaired) electrons. The molecule has 93 valence electrons. The van der Waals surface area contributed by atoms with Crippen molar-refractivity contribution in [1.82, 2.24) is 0 Å². The number of fused-ring (bicyclic) bond motifs is 1. The summed E-state index contributed by atoms with van der Waals surface area (Å²) in [5.74, 6) is 0.898. The van der Waals surface area contributed by atoms with Crippen LogP contribution in [0.25, 0.3) is 0 Å². The van der Waals surface area contributed by atoms with Crippen LogP contribution in [0.2, 0.25) is 0 Å². The Kier molecular flexibility index (Phi) is 4.55. The maximum Gasteiger partial charge on any atom is 0.423 e. The normalized spacial score (nSPS) is 14.5. The van der Waals surface area contributed by atoms with Gasteiger partial charge in [-0.1, -0.05) is 6.07 Å². The molecule has 1 aromatic rings. The second-order valence-corrected chi connectivity index (χ2v) is 5.32. The highest BCUT2D eigenvalue weighted by atomic mass is 28.3. The van der Waals surface area contributed by atoms with E-state index in [0.29, 0.717) is 26.6 Å². The summed E-state index contributed by atoms with van der Waals surface area (Å²) in [6.45, 7) is 6.22. The lowest BCUT2D eigenvalue weighted by Gasteiger charge is -2.20. The third kappa shape index (κ3) is 3.07. The van der Waals surface area contributed by atoms with Gasteiger partial charge < -0.3 is 18.3 Å². The van der Waals surface area contributed by atoms with Crippen LogP contribution >= 0.6 is 0 Å². The third-order valence-electron chi connectivity index (χ3n) is 2.40. The maximum absolute atomic E-state index is 5.66. The van der Waals surface area contributed by atoms with Gasteiger partial charge in [-0.3, -0.25) is 0 Å². The maximum atomic E-state index is 5.66. The Balaban J connectivity index is 2.18. The van der Waals surface area contributed by atoms with Gasteiger partial charge in [-0.15, -0.1) is 0 Å². The topological polar surface area (TPSA) is 36.9 Å². The molecule has 0 unspecified atom stereocenters. The minimum atomic E-state index is -1.37. The fraction of sp³-hybridized carbons (Fsp3) is 0.500. The highest BCUT2D eigenvalue weighted by molar-refractivity contribution is 6.61. The molecular formula is C12H17O4Si. The molecule has 0 atom stereocenters. The van der Waals surface area contributed by atoms with E-state index in [-0.39, 0.29) is 0 Å². The van der Waals surface area contributed by atoms with Crippen molar-refractivity contribution in [3.05, 3.63) is 23.8 Å². The summed E-state index contributed by atoms with van der Waals surface area (Å²) >= 11 is 0. The number of benzene rings is 1. The smallest absolute Gasteiger partial charge is 0.423 e. The van der Waals surface area contributed by atoms with Gasteiger partial charge in [-0.2, -0.15) is 0 Å². The van der Waals surface area contributed by atoms with Crippen molar-refractivity contribution in [2.24, 2.45) is 0 Å². The average molecular weight is 253 g/mol. The molecule has 1 heterocycles. The van der Waals surface area contributed by atoms with E-state index in [1.165, 1.54) is 0 Å². The predicted octanol–water partition coefficient (Wildman–Crippen LogP) is 1.32. The van der Waals surface area contributed by atoms with Gasteiger partial charge in [0.2, 0.25) is 0 Å². The zero-order valence-electron chi connectivity index (χ0n) is 10.2. The number of ether oxygens (including phenoxy) is 2. The second kappa shape index (κ2) is 6.16. The van der Waals surface area contributed by atoms with E-state index in [0.717, 1.165) is 16.5 Å². The van der Waals surface area contributed by atoms with E-state index in [4.69, 9.17) is 18.3 Å². The van der Waals surface area contributed by atoms with E-state index >= 15 is 0 Å². The van der Waals surface area contributed by atoms with Crippen molar-refractivity contribution in [3.8, 4) is 5.75 Å². The summed E-state index contributed by atoms with van der Waals surface area (Å²) in [6.07, 6.45) is 0. The fourth-order valence-electron chi connectivity index (χ4n) is 1.69. The van der Waals surface area contributed by atoms with Crippen LogP contribution in [0.15, 0.2) is 18.2 Å². The van der Waals surface area contributed by atoms with Crippen LogP contribution in [0, 0.1) is 0 Å². The van der Waals surface area contributed by atoms with Crippen molar-refractivity contribution in [2.75, 3.05) is 20.0 Å². The Morgan fingerprint density at radius 2 is 2.00 bits per heavy atom. The second-order valence-electron chi connectivity index (χ2n) is 3.59. The zero-order valence-corrected chi connectivity index (χ0v) is 11.2. The lowest BCUT2D eigenvalue weighted by atomic mass is 10.2. The molecule has 0 amide bonds. The number of hydrogen-bond acceptors (Lipinski definition) is 4. The number of hydrogen-bond donors (Lipinski definition) is 0. The molecular weight excluding hydrogens is 236 g/mol. The highest BCUT2D eigenvalue weighted by Crippen LogP contribution is 2.21. The molecule has 0 bridgehead atoms. The van der Waals surface area contributed by atoms with Gasteiger partial charge in [0, 0.05) is 18.8 Å². The van der Waals surface area contributed by atoms with Crippen molar-refractivity contribution in [2.45, 2.75) is 20.5 Å². The van der Waals surface area contributed by atoms with Crippen molar-refractivity contribution in [3.63, 3.8) is 0 Å². The summed E-state index contributed by atoms with van der Waals surface area (Å²) in [6, 6.07) is 6.05. The van der Waals surface area contributed by atoms with E-state index in [1.807, 2.05) is 26.0 Å². The van der Waals surface area contributed by atoms with Gasteiger partial charge in [-0.25, -0.2) is 0 Å². The first-order valence-corrected chi connectivity index (χ1v) is 7.13. The van der Waals surface area contributed by atoms with E-state index in [9.17, 15) is 0 Å². The van der Waals surface area contributed by atoms with Gasteiger partial charge >= 0.3 is 9.28 Å². The minimum absolute atomic E-state index is 0.334. The largest absolute Gasteiger partial charge is 0.467 e. The van der Waals surface area contributed by atoms with Crippen molar-refractivity contribution < 1.29 is 18.3 Å². The van der Waals surface area contributed by atoms with Gasteiger partial charge in [0.15, 0.2) is 6.79 Å². The molecule has 1 aliphatic rings. The zero-order chi connectivity index (χ0) is 12.1. The van der Waals surface area contributed by atoms with Crippen LogP contribution in [0.1, 0.15) is 19.4 Å². The van der Waals surface area contributed by atoms with Crippen LogP contribution in [0.5, 0.6) is 5.75 Å². The molecule has 1 aromatic carbocycles. The first-order valence-electron chi connectivity index (χ1n) is 5.81. The molecule has 4 nitrogen and oxygen atoms in total. The lowest BCUT2D eigenvalue weighted by Crippen LogP contribution is -2.37. The summed E-state index contributed by atoms with van der Waals surface area (Å²) in [7, 11) is -1.37. The van der Waals surface area contributed by atoms with Crippen LogP contribution in [0.3, 0.4) is 0 Å². The molecule has 0 aromatic heterocycles. The summed E-state index contributed by atoms with van der Waals surface area (Å²) in [5, 5.41) is 1.10. The summed E-state index contributed by atoms with van der Waals surface area (Å²) < 4.78 is 22.0. The van der Waals surface area contributed by atoms with Crippen LogP contribution in [-0.2, 0) is 20.2 Å². The number of rotatable bonds is 5. The molecule has 1 aliphatic heterocycles. The quantitative estimate of drug-likeness (QED) is 0.742. The Labute approximate surface area is 103 Å². The third-order valence-corrected chi connectivity index (χ3v) is 4.29. The molecule has 2 rings (SSSR count). The van der Waals surface area contributed by atoms with Crippen molar-refractivity contribution in [1.29, 1.82) is 0 Å². The predicted molar refractivity (Wildman–Crippen MR) is 65.4 cm³/mol. The molecule has 0 fully saturated rings. The van der Waals surface area contributed by atoms with E-state index < -0.39 is 9.28 Å². The first-order chi connectivity index (χ1) is 8.35. The molecule has 0 saturated carbocycles. The van der Waals surface area contributed by atoms with Crippen molar-refractivity contribution >= 4 is 14.5 Å². The standard InChI is InChI=1S/C12H17O4Si/c1-3-15-17(16-4-2)11-5-6-12-10(7-11)8-13-9-14-12/h5-7H,3-4,8-9H2,1-2H3. The lowest BCUT2D eigenvalue weighted by molar-refractivity contribution is -0.0163.